The van der Waals surface area contributed by atoms with Gasteiger partial charge in [-0.3, -0.25) is 0 Å². The molecule has 3 nitrogen and oxygen atoms in total. The van der Waals surface area contributed by atoms with Gasteiger partial charge in [0.2, 0.25) is 0 Å². The van der Waals surface area contributed by atoms with E-state index in [1.54, 1.807) is 13.0 Å². The number of ether oxygens (including phenoxy) is 1. The Morgan fingerprint density at radius 1 is 1.25 bits per heavy atom. The first-order valence-electron chi connectivity index (χ1n) is 4.65. The molecule has 0 atom stereocenters. The zero-order chi connectivity index (χ0) is 11.5. The molecule has 84 valence electrons. The third-order valence-electron chi connectivity index (χ3n) is 1.95. The van der Waals surface area contributed by atoms with Crippen molar-refractivity contribution < 1.29 is 18.0 Å². The predicted molar refractivity (Wildman–Crippen MR) is 51.9 cm³/mol. The van der Waals surface area contributed by atoms with E-state index in [9.17, 15) is 8.78 Å². The fourth-order valence-corrected chi connectivity index (χ4v) is 1.21. The van der Waals surface area contributed by atoms with Crippen molar-refractivity contribution in [3.05, 3.63) is 47.4 Å². The van der Waals surface area contributed by atoms with Crippen LogP contribution >= 0.6 is 0 Å². The first kappa shape index (κ1) is 10.6. The van der Waals surface area contributed by atoms with Crippen molar-refractivity contribution in [3.8, 4) is 5.75 Å². The lowest BCUT2D eigenvalue weighted by Crippen LogP contribution is -1.95. The highest BCUT2D eigenvalue weighted by Gasteiger charge is 2.05. The molecule has 1 aromatic carbocycles. The zero-order valence-electron chi connectivity index (χ0n) is 8.54. The van der Waals surface area contributed by atoms with Gasteiger partial charge in [-0.15, -0.1) is 0 Å². The van der Waals surface area contributed by atoms with Crippen molar-refractivity contribution in [1.82, 2.24) is 5.16 Å². The lowest BCUT2D eigenvalue weighted by Gasteiger charge is -2.03. The van der Waals surface area contributed by atoms with Crippen LogP contribution in [0.15, 0.2) is 28.8 Å². The van der Waals surface area contributed by atoms with Gasteiger partial charge in [-0.2, -0.15) is 0 Å². The number of aromatic nitrogens is 1. The van der Waals surface area contributed by atoms with Gasteiger partial charge in [0.15, 0.2) is 17.4 Å². The lowest BCUT2D eigenvalue weighted by molar-refractivity contribution is 0.247. The van der Waals surface area contributed by atoms with Crippen molar-refractivity contribution in [2.75, 3.05) is 0 Å². The number of rotatable bonds is 3. The average Bonchev–Trinajstić information content (AvgIpc) is 2.66. The van der Waals surface area contributed by atoms with E-state index < -0.39 is 11.6 Å². The number of benzene rings is 1. The summed E-state index contributed by atoms with van der Waals surface area (Å²) in [5, 5.41) is 3.67. The van der Waals surface area contributed by atoms with Crippen LogP contribution in [-0.2, 0) is 6.61 Å². The summed E-state index contributed by atoms with van der Waals surface area (Å²) in [6.45, 7) is 1.91. The standard InChI is InChI=1S/C11H9F2NO2/c1-7-4-9(16-14-7)6-15-8-2-3-10(12)11(13)5-8/h2-5H,6H2,1H3. The van der Waals surface area contributed by atoms with Crippen LogP contribution in [0.3, 0.4) is 0 Å². The fourth-order valence-electron chi connectivity index (χ4n) is 1.21. The first-order valence-corrected chi connectivity index (χ1v) is 4.65. The Kier molecular flexibility index (Phi) is 2.85. The second-order valence-corrected chi connectivity index (χ2v) is 3.30. The largest absolute Gasteiger partial charge is 0.485 e. The van der Waals surface area contributed by atoms with E-state index in [4.69, 9.17) is 9.26 Å². The predicted octanol–water partition coefficient (Wildman–Crippen LogP) is 2.84. The van der Waals surface area contributed by atoms with Gasteiger partial charge < -0.3 is 9.26 Å². The van der Waals surface area contributed by atoms with E-state index in [1.807, 2.05) is 0 Å². The van der Waals surface area contributed by atoms with E-state index in [2.05, 4.69) is 5.16 Å². The van der Waals surface area contributed by atoms with Crippen LogP contribution in [0.4, 0.5) is 8.78 Å². The third-order valence-corrected chi connectivity index (χ3v) is 1.95. The molecule has 2 aromatic rings. The maximum atomic E-state index is 12.8. The highest BCUT2D eigenvalue weighted by Crippen LogP contribution is 2.17. The molecule has 1 aromatic heterocycles. The van der Waals surface area contributed by atoms with Crippen LogP contribution in [0.1, 0.15) is 11.5 Å². The molecule has 0 N–H and O–H groups in total. The number of hydrogen-bond acceptors (Lipinski definition) is 3. The minimum absolute atomic E-state index is 0.131. The van der Waals surface area contributed by atoms with Crippen molar-refractivity contribution in [2.45, 2.75) is 13.5 Å². The second kappa shape index (κ2) is 4.30. The Bertz CT molecular complexity index is 496. The van der Waals surface area contributed by atoms with Gasteiger partial charge >= 0.3 is 0 Å². The molecule has 0 fully saturated rings. The van der Waals surface area contributed by atoms with E-state index in [-0.39, 0.29) is 12.4 Å². The molecular formula is C11H9F2NO2. The molecule has 0 aliphatic rings. The molecule has 2 rings (SSSR count). The second-order valence-electron chi connectivity index (χ2n) is 3.30. The molecule has 0 amide bonds. The molecule has 0 aliphatic heterocycles. The fraction of sp³-hybridized carbons (Fsp3) is 0.182. The van der Waals surface area contributed by atoms with Crippen molar-refractivity contribution in [1.29, 1.82) is 0 Å². The average molecular weight is 225 g/mol. The number of aryl methyl sites for hydroxylation is 1. The van der Waals surface area contributed by atoms with Gasteiger partial charge in [0.1, 0.15) is 12.4 Å². The quantitative estimate of drug-likeness (QED) is 0.805. The molecule has 0 saturated heterocycles. The summed E-state index contributed by atoms with van der Waals surface area (Å²) in [6, 6.07) is 5.05. The van der Waals surface area contributed by atoms with Crippen molar-refractivity contribution in [3.63, 3.8) is 0 Å². The van der Waals surface area contributed by atoms with Crippen LogP contribution < -0.4 is 4.74 Å². The summed E-state index contributed by atoms with van der Waals surface area (Å²) >= 11 is 0. The van der Waals surface area contributed by atoms with Gasteiger partial charge in [-0.05, 0) is 19.1 Å². The molecular weight excluding hydrogens is 216 g/mol. The van der Waals surface area contributed by atoms with Crippen molar-refractivity contribution >= 4 is 0 Å². The summed E-state index contributed by atoms with van der Waals surface area (Å²) < 4.78 is 35.5. The van der Waals surface area contributed by atoms with Gasteiger partial charge in [0, 0.05) is 12.1 Å². The van der Waals surface area contributed by atoms with Crippen LogP contribution in [-0.4, -0.2) is 5.16 Å². The van der Waals surface area contributed by atoms with Crippen molar-refractivity contribution in [2.24, 2.45) is 0 Å². The Hall–Kier alpha value is -1.91. The summed E-state index contributed by atoms with van der Waals surface area (Å²) in [4.78, 5) is 0. The normalized spacial score (nSPS) is 10.4. The van der Waals surface area contributed by atoms with E-state index in [1.165, 1.54) is 6.07 Å². The highest BCUT2D eigenvalue weighted by atomic mass is 19.2. The minimum Gasteiger partial charge on any atom is -0.485 e. The number of hydrogen-bond donors (Lipinski definition) is 0. The molecule has 16 heavy (non-hydrogen) atoms. The zero-order valence-corrected chi connectivity index (χ0v) is 8.54. The summed E-state index contributed by atoms with van der Waals surface area (Å²) in [6.07, 6.45) is 0. The smallest absolute Gasteiger partial charge is 0.174 e. The van der Waals surface area contributed by atoms with Gasteiger partial charge in [-0.25, -0.2) is 8.78 Å². The third kappa shape index (κ3) is 2.36. The van der Waals surface area contributed by atoms with Gasteiger partial charge in [-0.1, -0.05) is 5.16 Å². The summed E-state index contributed by atoms with van der Waals surface area (Å²) in [5.41, 5.74) is 0.740. The molecule has 0 aliphatic carbocycles. The lowest BCUT2D eigenvalue weighted by atomic mass is 10.3. The Balaban J connectivity index is 2.02. The summed E-state index contributed by atoms with van der Waals surface area (Å²) in [5.74, 6) is -1.07. The van der Waals surface area contributed by atoms with Gasteiger partial charge in [0.05, 0.1) is 5.69 Å². The maximum Gasteiger partial charge on any atom is 0.174 e. The molecule has 0 radical (unpaired) electrons. The van der Waals surface area contributed by atoms with Gasteiger partial charge in [0.25, 0.3) is 0 Å². The highest BCUT2D eigenvalue weighted by molar-refractivity contribution is 5.23. The van der Waals surface area contributed by atoms with Crippen LogP contribution in [0, 0.1) is 18.6 Å². The maximum absolute atomic E-state index is 12.8. The molecule has 0 saturated carbocycles. The van der Waals surface area contributed by atoms with Crippen LogP contribution in [0.2, 0.25) is 0 Å². The molecule has 5 heteroatoms. The molecule has 1 heterocycles. The molecule has 0 spiro atoms. The van der Waals surface area contributed by atoms with E-state index in [0.717, 1.165) is 17.8 Å². The molecule has 0 bridgehead atoms. The number of halogens is 2. The topological polar surface area (TPSA) is 35.3 Å². The summed E-state index contributed by atoms with van der Waals surface area (Å²) in [7, 11) is 0. The Morgan fingerprint density at radius 2 is 2.06 bits per heavy atom. The monoisotopic (exact) mass is 225 g/mol. The van der Waals surface area contributed by atoms with Crippen LogP contribution in [0.5, 0.6) is 5.75 Å². The SMILES string of the molecule is Cc1cc(COc2ccc(F)c(F)c2)on1. The Morgan fingerprint density at radius 3 is 2.69 bits per heavy atom. The van der Waals surface area contributed by atoms with E-state index in [0.29, 0.717) is 5.76 Å². The van der Waals surface area contributed by atoms with Crippen LogP contribution in [0.25, 0.3) is 0 Å². The first-order chi connectivity index (χ1) is 7.65. The molecule has 0 unspecified atom stereocenters. The Labute approximate surface area is 90.6 Å². The number of nitrogens with zero attached hydrogens (tertiary/aromatic N) is 1. The van der Waals surface area contributed by atoms with E-state index >= 15 is 0 Å². The minimum atomic E-state index is -0.939.